The van der Waals surface area contributed by atoms with Crippen LogP contribution >= 0.6 is 0 Å². The third kappa shape index (κ3) is 53.9. The Hall–Kier alpha value is -1.40. The van der Waals surface area contributed by atoms with Crippen LogP contribution in [0.25, 0.3) is 0 Å². The number of ether oxygens (including phenoxy) is 1. The van der Waals surface area contributed by atoms with Crippen molar-refractivity contribution in [1.29, 1.82) is 0 Å². The van der Waals surface area contributed by atoms with E-state index >= 15 is 0 Å². The van der Waals surface area contributed by atoms with Gasteiger partial charge >= 0.3 is 5.97 Å². The Kier molecular flexibility index (Phi) is 57.0. The van der Waals surface area contributed by atoms with Gasteiger partial charge in [0.2, 0.25) is 5.91 Å². The van der Waals surface area contributed by atoms with Crippen LogP contribution < -0.4 is 5.32 Å². The fourth-order valence-electron chi connectivity index (χ4n) is 9.81. The predicted molar refractivity (Wildman–Crippen MR) is 297 cm³/mol. The van der Waals surface area contributed by atoms with Gasteiger partial charge in [-0.3, -0.25) is 9.59 Å². The largest absolute Gasteiger partial charge is 0.466 e. The molecular formula is C62H121NO5. The van der Waals surface area contributed by atoms with Crippen LogP contribution in [-0.4, -0.2) is 47.4 Å². The molecule has 0 rings (SSSR count). The van der Waals surface area contributed by atoms with Crippen LogP contribution in [0, 0.1) is 0 Å². The molecule has 0 aliphatic rings. The third-order valence-corrected chi connectivity index (χ3v) is 14.6. The Morgan fingerprint density at radius 1 is 0.397 bits per heavy atom. The van der Waals surface area contributed by atoms with Crippen LogP contribution in [0.15, 0.2) is 12.2 Å². The van der Waals surface area contributed by atoms with Crippen LogP contribution in [0.4, 0.5) is 0 Å². The van der Waals surface area contributed by atoms with E-state index in [0.717, 1.165) is 44.9 Å². The van der Waals surface area contributed by atoms with Crippen molar-refractivity contribution in [3.05, 3.63) is 12.2 Å². The highest BCUT2D eigenvalue weighted by Gasteiger charge is 2.20. The summed E-state index contributed by atoms with van der Waals surface area (Å²) in [5.74, 6) is -0.0251. The zero-order chi connectivity index (χ0) is 49.3. The molecule has 1 amide bonds. The fourth-order valence-corrected chi connectivity index (χ4v) is 9.81. The SMILES string of the molecule is CCCCCCCCC/C=C\CCCCCCCCCC(=O)OCCCCCCCCCCCCCCCCCCCCCCCC(=O)NC(CO)C(O)CCCCCCCCCCCCCC. The Bertz CT molecular complexity index is 1020. The van der Waals surface area contributed by atoms with Crippen LogP contribution in [0.5, 0.6) is 0 Å². The molecule has 0 saturated carbocycles. The molecule has 2 atom stereocenters. The van der Waals surface area contributed by atoms with Gasteiger partial charge in [0.25, 0.3) is 0 Å². The summed E-state index contributed by atoms with van der Waals surface area (Å²) in [6, 6.07) is -0.540. The maximum Gasteiger partial charge on any atom is 0.305 e. The van der Waals surface area contributed by atoms with E-state index in [1.807, 2.05) is 0 Å². The molecule has 0 aromatic carbocycles. The first-order valence-electron chi connectivity index (χ1n) is 30.9. The number of carbonyl (C=O) groups excluding carboxylic acids is 2. The van der Waals surface area contributed by atoms with Gasteiger partial charge in [0.1, 0.15) is 0 Å². The molecule has 404 valence electrons. The van der Waals surface area contributed by atoms with E-state index in [9.17, 15) is 19.8 Å². The average Bonchev–Trinajstić information content (AvgIpc) is 3.34. The van der Waals surface area contributed by atoms with Gasteiger partial charge in [-0.2, -0.15) is 0 Å². The van der Waals surface area contributed by atoms with E-state index in [1.54, 1.807) is 0 Å². The lowest BCUT2D eigenvalue weighted by atomic mass is 10.0. The quantitative estimate of drug-likeness (QED) is 0.0321. The molecule has 0 heterocycles. The lowest BCUT2D eigenvalue weighted by Gasteiger charge is -2.22. The van der Waals surface area contributed by atoms with Crippen molar-refractivity contribution in [1.82, 2.24) is 5.32 Å². The number of hydrogen-bond acceptors (Lipinski definition) is 5. The molecule has 0 fully saturated rings. The number of allylic oxidation sites excluding steroid dienone is 2. The molecule has 0 spiro atoms. The van der Waals surface area contributed by atoms with E-state index in [4.69, 9.17) is 4.74 Å². The highest BCUT2D eigenvalue weighted by molar-refractivity contribution is 5.76. The minimum absolute atomic E-state index is 0.00977. The van der Waals surface area contributed by atoms with Crippen LogP contribution in [-0.2, 0) is 14.3 Å². The van der Waals surface area contributed by atoms with Gasteiger partial charge in [0.15, 0.2) is 0 Å². The van der Waals surface area contributed by atoms with Crippen molar-refractivity contribution in [2.24, 2.45) is 0 Å². The lowest BCUT2D eigenvalue weighted by molar-refractivity contribution is -0.143. The normalized spacial score (nSPS) is 12.6. The zero-order valence-electron chi connectivity index (χ0n) is 46.1. The first kappa shape index (κ1) is 66.6. The topological polar surface area (TPSA) is 95.9 Å². The summed E-state index contributed by atoms with van der Waals surface area (Å²) in [5, 5.41) is 23.2. The molecule has 0 aromatic heterocycles. The molecule has 0 aromatic rings. The van der Waals surface area contributed by atoms with E-state index in [1.165, 1.54) is 270 Å². The molecule has 6 nitrogen and oxygen atoms in total. The first-order chi connectivity index (χ1) is 33.5. The fraction of sp³-hybridized carbons (Fsp3) is 0.935. The monoisotopic (exact) mass is 960 g/mol. The van der Waals surface area contributed by atoms with Crippen molar-refractivity contribution >= 4 is 11.9 Å². The van der Waals surface area contributed by atoms with Gasteiger partial charge in [-0.15, -0.1) is 0 Å². The highest BCUT2D eigenvalue weighted by atomic mass is 16.5. The molecule has 0 aliphatic heterocycles. The average molecular weight is 961 g/mol. The van der Waals surface area contributed by atoms with Crippen molar-refractivity contribution in [2.45, 2.75) is 360 Å². The summed E-state index contributed by atoms with van der Waals surface area (Å²) in [5.41, 5.74) is 0. The van der Waals surface area contributed by atoms with Crippen molar-refractivity contribution in [2.75, 3.05) is 13.2 Å². The second kappa shape index (κ2) is 58.2. The number of nitrogens with one attached hydrogen (secondary N) is 1. The molecule has 0 radical (unpaired) electrons. The summed E-state index contributed by atoms with van der Waals surface area (Å²) < 4.78 is 5.50. The molecule has 2 unspecified atom stereocenters. The summed E-state index contributed by atoms with van der Waals surface area (Å²) in [6.45, 7) is 4.96. The van der Waals surface area contributed by atoms with Crippen molar-refractivity contribution in [3.63, 3.8) is 0 Å². The number of aliphatic hydroxyl groups excluding tert-OH is 2. The van der Waals surface area contributed by atoms with Crippen molar-refractivity contribution in [3.8, 4) is 0 Å². The van der Waals surface area contributed by atoms with Crippen LogP contribution in [0.3, 0.4) is 0 Å². The molecule has 68 heavy (non-hydrogen) atoms. The molecule has 3 N–H and O–H groups in total. The first-order valence-corrected chi connectivity index (χ1v) is 30.9. The highest BCUT2D eigenvalue weighted by Crippen LogP contribution is 2.18. The van der Waals surface area contributed by atoms with Gasteiger partial charge < -0.3 is 20.3 Å². The molecule has 0 saturated heterocycles. The predicted octanol–water partition coefficient (Wildman–Crippen LogP) is 19.2. The summed E-state index contributed by atoms with van der Waals surface area (Å²) >= 11 is 0. The Morgan fingerprint density at radius 2 is 0.691 bits per heavy atom. The summed E-state index contributed by atoms with van der Waals surface area (Å²) in [7, 11) is 0. The van der Waals surface area contributed by atoms with E-state index in [-0.39, 0.29) is 18.5 Å². The lowest BCUT2D eigenvalue weighted by Crippen LogP contribution is -2.45. The second-order valence-corrected chi connectivity index (χ2v) is 21.4. The minimum atomic E-state index is -0.663. The van der Waals surface area contributed by atoms with Crippen LogP contribution in [0.1, 0.15) is 348 Å². The van der Waals surface area contributed by atoms with Crippen molar-refractivity contribution < 1.29 is 24.5 Å². The number of carbonyl (C=O) groups is 2. The summed E-state index contributed by atoms with van der Waals surface area (Å²) in [6.07, 6.45) is 69.3. The number of esters is 1. The third-order valence-electron chi connectivity index (χ3n) is 14.6. The van der Waals surface area contributed by atoms with Gasteiger partial charge in [0, 0.05) is 12.8 Å². The maximum atomic E-state index is 12.5. The number of hydrogen-bond donors (Lipinski definition) is 3. The number of rotatable bonds is 58. The van der Waals surface area contributed by atoms with Gasteiger partial charge in [-0.25, -0.2) is 0 Å². The molecule has 0 bridgehead atoms. The zero-order valence-corrected chi connectivity index (χ0v) is 46.1. The van der Waals surface area contributed by atoms with Gasteiger partial charge in [0.05, 0.1) is 25.4 Å². The van der Waals surface area contributed by atoms with E-state index in [0.29, 0.717) is 25.9 Å². The van der Waals surface area contributed by atoms with Gasteiger partial charge in [-0.05, 0) is 51.4 Å². The number of unbranched alkanes of at least 4 members (excludes halogenated alkanes) is 45. The maximum absolute atomic E-state index is 12.5. The number of amides is 1. The Balaban J connectivity index is 3.35. The Labute approximate surface area is 425 Å². The standard InChI is InChI=1S/C62H121NO5/c1-3-5-7-9-11-13-15-17-18-19-26-29-32-36-40-44-48-52-56-62(67)68-57-53-49-45-41-37-33-30-27-24-22-20-21-23-25-28-31-35-39-43-47-51-55-61(66)63-59(58-64)60(65)54-50-46-42-38-34-16-14-12-10-8-6-4-2/h18-19,59-60,64-65H,3-17,20-58H2,1-2H3,(H,63,66)/b19-18-. The van der Waals surface area contributed by atoms with Crippen LogP contribution in [0.2, 0.25) is 0 Å². The van der Waals surface area contributed by atoms with Gasteiger partial charge in [-0.1, -0.05) is 296 Å². The molecular weight excluding hydrogens is 839 g/mol. The molecule has 6 heteroatoms. The smallest absolute Gasteiger partial charge is 0.305 e. The molecule has 0 aliphatic carbocycles. The summed E-state index contributed by atoms with van der Waals surface area (Å²) in [4.78, 5) is 24.5. The Morgan fingerprint density at radius 3 is 1.04 bits per heavy atom. The minimum Gasteiger partial charge on any atom is -0.466 e. The van der Waals surface area contributed by atoms with E-state index < -0.39 is 12.1 Å². The van der Waals surface area contributed by atoms with E-state index in [2.05, 4.69) is 31.3 Å². The second-order valence-electron chi connectivity index (χ2n) is 21.4. The number of aliphatic hydroxyl groups is 2.